The number of aryl methyl sites for hydroxylation is 1. The lowest BCUT2D eigenvalue weighted by molar-refractivity contribution is -0.114. The average Bonchev–Trinajstić information content (AvgIpc) is 2.71. The fourth-order valence-corrected chi connectivity index (χ4v) is 1.99. The molecule has 5 heteroatoms. The summed E-state index contributed by atoms with van der Waals surface area (Å²) in [4.78, 5) is 25.1. The average molecular weight is 283 g/mol. The van der Waals surface area contributed by atoms with Gasteiger partial charge in [-0.1, -0.05) is 25.0 Å². The van der Waals surface area contributed by atoms with Gasteiger partial charge >= 0.3 is 0 Å². The summed E-state index contributed by atoms with van der Waals surface area (Å²) in [5.41, 5.74) is 2.34. The zero-order valence-electron chi connectivity index (χ0n) is 12.2. The molecule has 1 aliphatic rings. The molecule has 108 valence electrons. The van der Waals surface area contributed by atoms with Crippen molar-refractivity contribution >= 4 is 17.4 Å². The number of Topliss-reactive ketones (excluding diaryl/α,β-unsaturated/α-hetero) is 1. The van der Waals surface area contributed by atoms with Crippen LogP contribution in [0.5, 0.6) is 0 Å². The van der Waals surface area contributed by atoms with Gasteiger partial charge < -0.3 is 4.90 Å². The Morgan fingerprint density at radius 2 is 1.86 bits per heavy atom. The largest absolute Gasteiger partial charge is 0.305 e. The molecule has 0 spiro atoms. The van der Waals surface area contributed by atoms with Gasteiger partial charge in [0.15, 0.2) is 0 Å². The van der Waals surface area contributed by atoms with Crippen LogP contribution in [0.3, 0.4) is 0 Å². The number of hydrogen-bond donors (Lipinski definition) is 0. The number of carbonyl (C=O) groups excluding carboxylic acids is 2. The van der Waals surface area contributed by atoms with Crippen LogP contribution in [-0.4, -0.2) is 18.2 Å². The Bertz CT molecular complexity index is 611. The van der Waals surface area contributed by atoms with Crippen molar-refractivity contribution in [3.8, 4) is 12.1 Å². The first kappa shape index (κ1) is 16.4. The second-order valence-corrected chi connectivity index (χ2v) is 4.65. The Hall–Kier alpha value is -2.66. The van der Waals surface area contributed by atoms with Gasteiger partial charge in [0.1, 0.15) is 6.42 Å². The summed E-state index contributed by atoms with van der Waals surface area (Å²) in [5, 5.41) is 15.2. The van der Waals surface area contributed by atoms with Crippen molar-refractivity contribution < 1.29 is 9.59 Å². The summed E-state index contributed by atoms with van der Waals surface area (Å²) in [6, 6.07) is 8.90. The van der Waals surface area contributed by atoms with Crippen molar-refractivity contribution in [2.75, 3.05) is 11.4 Å². The van der Waals surface area contributed by atoms with Gasteiger partial charge in [-0.2, -0.15) is 10.5 Å². The van der Waals surface area contributed by atoms with Crippen molar-refractivity contribution in [1.82, 2.24) is 0 Å². The summed E-state index contributed by atoms with van der Waals surface area (Å²) in [5.74, 6) is -0.746. The monoisotopic (exact) mass is 283 g/mol. The number of anilines is 1. The summed E-state index contributed by atoms with van der Waals surface area (Å²) in [6.45, 7) is 4.63. The van der Waals surface area contributed by atoms with Gasteiger partial charge in [-0.05, 0) is 25.5 Å². The lowest BCUT2D eigenvalue weighted by Gasteiger charge is -2.15. The van der Waals surface area contributed by atoms with Crippen LogP contribution in [0.1, 0.15) is 42.1 Å². The number of nitriles is 2. The highest BCUT2D eigenvalue weighted by Crippen LogP contribution is 2.29. The van der Waals surface area contributed by atoms with Crippen LogP contribution >= 0.6 is 0 Å². The Labute approximate surface area is 124 Å². The first-order valence-corrected chi connectivity index (χ1v) is 6.77. The number of nitrogens with zero attached hydrogens (tertiary/aromatic N) is 3. The van der Waals surface area contributed by atoms with Gasteiger partial charge in [-0.15, -0.1) is 0 Å². The molecule has 0 aromatic heterocycles. The summed E-state index contributed by atoms with van der Waals surface area (Å²) >= 11 is 0. The lowest BCUT2D eigenvalue weighted by Crippen LogP contribution is -2.30. The summed E-state index contributed by atoms with van der Waals surface area (Å²) in [7, 11) is 0. The molecule has 0 bridgehead atoms. The number of carbonyl (C=O) groups is 2. The van der Waals surface area contributed by atoms with Crippen molar-refractivity contribution in [1.29, 1.82) is 10.5 Å². The van der Waals surface area contributed by atoms with Gasteiger partial charge in [0.05, 0.1) is 23.4 Å². The van der Waals surface area contributed by atoms with E-state index in [4.69, 9.17) is 10.5 Å². The number of ketones is 1. The molecule has 1 aromatic carbocycles. The predicted octanol–water partition coefficient (Wildman–Crippen LogP) is 2.75. The second-order valence-electron chi connectivity index (χ2n) is 4.65. The molecule has 1 heterocycles. The number of rotatable bonds is 3. The molecule has 0 unspecified atom stereocenters. The molecular formula is C16H17N3O2. The Morgan fingerprint density at radius 3 is 2.38 bits per heavy atom. The third-order valence-electron chi connectivity index (χ3n) is 3.02. The van der Waals surface area contributed by atoms with Gasteiger partial charge in [0.2, 0.25) is 0 Å². The van der Waals surface area contributed by atoms with Gasteiger partial charge in [-0.25, -0.2) is 0 Å². The van der Waals surface area contributed by atoms with Gasteiger partial charge in [0.25, 0.3) is 11.7 Å². The van der Waals surface area contributed by atoms with Crippen LogP contribution in [0.15, 0.2) is 18.2 Å². The Balaban J connectivity index is 0.000000383. The third-order valence-corrected chi connectivity index (χ3v) is 3.02. The van der Waals surface area contributed by atoms with E-state index in [9.17, 15) is 9.59 Å². The van der Waals surface area contributed by atoms with E-state index in [0.717, 1.165) is 24.1 Å². The maximum absolute atomic E-state index is 11.8. The van der Waals surface area contributed by atoms with Crippen LogP contribution in [0, 0.1) is 29.6 Å². The minimum absolute atomic E-state index is 0. The predicted molar refractivity (Wildman–Crippen MR) is 78.6 cm³/mol. The second kappa shape index (κ2) is 7.81. The van der Waals surface area contributed by atoms with E-state index in [-0.39, 0.29) is 18.1 Å². The molecule has 0 fully saturated rings. The zero-order valence-corrected chi connectivity index (χ0v) is 12.2. The number of fused-ring (bicyclic) bond motifs is 1. The molecule has 2 rings (SSSR count). The number of amides is 1. The molecule has 0 saturated heterocycles. The SMILES string of the molecule is CCCCN1C(=O)C(=O)c2cc(C)ccc21.N#CCC#N. The molecule has 0 radical (unpaired) electrons. The van der Waals surface area contributed by atoms with Crippen molar-refractivity contribution in [2.24, 2.45) is 0 Å². The van der Waals surface area contributed by atoms with Crippen LogP contribution < -0.4 is 4.90 Å². The van der Waals surface area contributed by atoms with E-state index in [0.29, 0.717) is 12.1 Å². The van der Waals surface area contributed by atoms with E-state index >= 15 is 0 Å². The van der Waals surface area contributed by atoms with Crippen LogP contribution in [0.4, 0.5) is 5.69 Å². The topological polar surface area (TPSA) is 85.0 Å². The van der Waals surface area contributed by atoms with Crippen molar-refractivity contribution in [3.63, 3.8) is 0 Å². The lowest BCUT2D eigenvalue weighted by atomic mass is 10.1. The standard InChI is InChI=1S/C13H15NO2.C3H2N2/c1-3-4-7-14-11-6-5-9(2)8-10(11)12(15)13(14)16;4-2-1-3-5/h5-6,8H,3-4,7H2,1-2H3;1H2. The molecule has 0 N–H and O–H groups in total. The van der Waals surface area contributed by atoms with Crippen LogP contribution in [0.2, 0.25) is 0 Å². The van der Waals surface area contributed by atoms with E-state index in [1.54, 1.807) is 23.1 Å². The molecule has 21 heavy (non-hydrogen) atoms. The zero-order chi connectivity index (χ0) is 15.8. The normalized spacial score (nSPS) is 12.1. The van der Waals surface area contributed by atoms with Gasteiger partial charge in [-0.3, -0.25) is 9.59 Å². The molecule has 0 atom stereocenters. The molecule has 1 aliphatic heterocycles. The molecule has 1 amide bonds. The maximum Gasteiger partial charge on any atom is 0.299 e. The first-order chi connectivity index (χ1) is 10.1. The van der Waals surface area contributed by atoms with E-state index < -0.39 is 0 Å². The Kier molecular flexibility index (Phi) is 6.10. The molecule has 0 saturated carbocycles. The summed E-state index contributed by atoms with van der Waals surface area (Å²) < 4.78 is 0. The van der Waals surface area contributed by atoms with E-state index in [1.165, 1.54) is 0 Å². The van der Waals surface area contributed by atoms with E-state index in [2.05, 4.69) is 6.92 Å². The number of hydrogen-bond acceptors (Lipinski definition) is 4. The fraction of sp³-hybridized carbons (Fsp3) is 0.375. The number of unbranched alkanes of at least 4 members (excludes halogenated alkanes) is 1. The van der Waals surface area contributed by atoms with E-state index in [1.807, 2.05) is 19.1 Å². The minimum Gasteiger partial charge on any atom is -0.305 e. The highest BCUT2D eigenvalue weighted by Gasteiger charge is 2.34. The summed E-state index contributed by atoms with van der Waals surface area (Å²) in [6.07, 6.45) is 1.94. The van der Waals surface area contributed by atoms with Gasteiger partial charge in [0, 0.05) is 6.54 Å². The van der Waals surface area contributed by atoms with Crippen LogP contribution in [0.25, 0.3) is 0 Å². The molecule has 5 nitrogen and oxygen atoms in total. The van der Waals surface area contributed by atoms with Crippen LogP contribution in [-0.2, 0) is 4.79 Å². The quantitative estimate of drug-likeness (QED) is 0.798. The molecule has 0 aliphatic carbocycles. The first-order valence-electron chi connectivity index (χ1n) is 6.77. The Morgan fingerprint density at radius 1 is 1.19 bits per heavy atom. The molecular weight excluding hydrogens is 266 g/mol. The minimum atomic E-state index is -0.381. The highest BCUT2D eigenvalue weighted by molar-refractivity contribution is 6.52. The number of benzene rings is 1. The van der Waals surface area contributed by atoms with Crippen molar-refractivity contribution in [3.05, 3.63) is 29.3 Å². The fourth-order valence-electron chi connectivity index (χ4n) is 1.99. The highest BCUT2D eigenvalue weighted by atomic mass is 16.2. The molecule has 1 aromatic rings. The third kappa shape index (κ3) is 3.90. The smallest absolute Gasteiger partial charge is 0.299 e. The maximum atomic E-state index is 11.8. The van der Waals surface area contributed by atoms with Crippen molar-refractivity contribution in [2.45, 2.75) is 33.1 Å².